The van der Waals surface area contributed by atoms with E-state index in [9.17, 15) is 15.0 Å². The number of carbonyl (C=O) groups is 1. The van der Waals surface area contributed by atoms with Gasteiger partial charge in [0.05, 0.1) is 0 Å². The normalized spacial score (nSPS) is 12.0. The summed E-state index contributed by atoms with van der Waals surface area (Å²) in [7, 11) is 0. The topological polar surface area (TPSA) is 69.6 Å². The molecule has 0 saturated carbocycles. The van der Waals surface area contributed by atoms with Gasteiger partial charge >= 0.3 is 5.97 Å². The van der Waals surface area contributed by atoms with Crippen LogP contribution in [0.5, 0.6) is 5.75 Å². The number of aliphatic carboxylic acids is 1. The van der Waals surface area contributed by atoms with Crippen LogP contribution in [0.15, 0.2) is 54.6 Å². The maximum Gasteiger partial charge on any atom is 0.325 e. The standard InChI is InChI=1S/C15H15NO3/c17-13-9-5-4-8-12(13)14(15(18)19)16-10-11-6-2-1-3-7-11/h1-9,14,16-17H,10H2,(H,18,19). The second-order valence-electron chi connectivity index (χ2n) is 4.20. The van der Waals surface area contributed by atoms with Crippen LogP contribution in [-0.2, 0) is 11.3 Å². The van der Waals surface area contributed by atoms with Crippen LogP contribution in [0.1, 0.15) is 17.2 Å². The fourth-order valence-electron chi connectivity index (χ4n) is 1.88. The summed E-state index contributed by atoms with van der Waals surface area (Å²) in [5.41, 5.74) is 1.36. The van der Waals surface area contributed by atoms with E-state index in [2.05, 4.69) is 5.32 Å². The molecule has 0 aliphatic carbocycles. The molecule has 4 heteroatoms. The summed E-state index contributed by atoms with van der Waals surface area (Å²) in [6.45, 7) is 0.423. The van der Waals surface area contributed by atoms with Gasteiger partial charge in [-0.2, -0.15) is 0 Å². The van der Waals surface area contributed by atoms with Crippen molar-refractivity contribution < 1.29 is 15.0 Å². The number of nitrogens with one attached hydrogen (secondary N) is 1. The van der Waals surface area contributed by atoms with Gasteiger partial charge in [0, 0.05) is 12.1 Å². The first-order valence-electron chi connectivity index (χ1n) is 5.96. The number of hydrogen-bond acceptors (Lipinski definition) is 3. The average molecular weight is 257 g/mol. The number of carboxylic acids is 1. The highest BCUT2D eigenvalue weighted by molar-refractivity contribution is 5.76. The molecule has 2 aromatic rings. The van der Waals surface area contributed by atoms with Crippen molar-refractivity contribution in [3.63, 3.8) is 0 Å². The van der Waals surface area contributed by atoms with Crippen LogP contribution in [0.4, 0.5) is 0 Å². The highest BCUT2D eigenvalue weighted by atomic mass is 16.4. The molecule has 4 nitrogen and oxygen atoms in total. The molecule has 1 atom stereocenters. The van der Waals surface area contributed by atoms with Gasteiger partial charge in [-0.05, 0) is 11.6 Å². The summed E-state index contributed by atoms with van der Waals surface area (Å²) in [6, 6.07) is 15.0. The van der Waals surface area contributed by atoms with E-state index in [0.717, 1.165) is 5.56 Å². The Morgan fingerprint density at radius 1 is 1.05 bits per heavy atom. The number of phenols is 1. The Morgan fingerprint density at radius 3 is 2.32 bits per heavy atom. The minimum atomic E-state index is -1.02. The van der Waals surface area contributed by atoms with Gasteiger partial charge in [-0.3, -0.25) is 10.1 Å². The third-order valence-corrected chi connectivity index (χ3v) is 2.85. The molecule has 3 N–H and O–H groups in total. The number of benzene rings is 2. The molecular weight excluding hydrogens is 242 g/mol. The van der Waals surface area contributed by atoms with E-state index in [0.29, 0.717) is 12.1 Å². The molecule has 0 radical (unpaired) electrons. The van der Waals surface area contributed by atoms with Crippen molar-refractivity contribution in [2.75, 3.05) is 0 Å². The molecule has 0 heterocycles. The lowest BCUT2D eigenvalue weighted by Gasteiger charge is -2.16. The minimum absolute atomic E-state index is 0.0181. The van der Waals surface area contributed by atoms with Gasteiger partial charge in [-0.25, -0.2) is 0 Å². The van der Waals surface area contributed by atoms with Gasteiger partial charge in [0.1, 0.15) is 11.8 Å². The molecule has 0 aliphatic rings. The van der Waals surface area contributed by atoms with Gasteiger partial charge in [-0.15, -0.1) is 0 Å². The maximum atomic E-state index is 11.3. The van der Waals surface area contributed by atoms with E-state index in [4.69, 9.17) is 0 Å². The van der Waals surface area contributed by atoms with Gasteiger partial charge < -0.3 is 10.2 Å². The lowest BCUT2D eigenvalue weighted by Crippen LogP contribution is -2.28. The van der Waals surface area contributed by atoms with Crippen molar-refractivity contribution in [3.8, 4) is 5.75 Å². The molecule has 0 bridgehead atoms. The predicted octanol–water partition coefficient (Wildman–Crippen LogP) is 2.31. The molecule has 2 rings (SSSR count). The average Bonchev–Trinajstić information content (AvgIpc) is 2.42. The van der Waals surface area contributed by atoms with Gasteiger partial charge in [-0.1, -0.05) is 48.5 Å². The van der Waals surface area contributed by atoms with E-state index < -0.39 is 12.0 Å². The Kier molecular flexibility index (Phi) is 4.15. The van der Waals surface area contributed by atoms with E-state index in [1.165, 1.54) is 6.07 Å². The Bertz CT molecular complexity index is 554. The van der Waals surface area contributed by atoms with Crippen LogP contribution in [0, 0.1) is 0 Å². The molecular formula is C15H15NO3. The Hall–Kier alpha value is -2.33. The summed E-state index contributed by atoms with van der Waals surface area (Å²) < 4.78 is 0. The summed E-state index contributed by atoms with van der Waals surface area (Å²) in [4.78, 5) is 11.3. The quantitative estimate of drug-likeness (QED) is 0.768. The largest absolute Gasteiger partial charge is 0.508 e. The second-order valence-corrected chi connectivity index (χ2v) is 4.20. The molecule has 98 valence electrons. The minimum Gasteiger partial charge on any atom is -0.508 e. The zero-order chi connectivity index (χ0) is 13.7. The Labute approximate surface area is 111 Å². The second kappa shape index (κ2) is 6.02. The molecule has 1 unspecified atom stereocenters. The van der Waals surface area contributed by atoms with Gasteiger partial charge in [0.25, 0.3) is 0 Å². The highest BCUT2D eigenvalue weighted by Gasteiger charge is 2.21. The molecule has 2 aromatic carbocycles. The molecule has 19 heavy (non-hydrogen) atoms. The van der Waals surface area contributed by atoms with Crippen LogP contribution in [-0.4, -0.2) is 16.2 Å². The van der Waals surface area contributed by atoms with E-state index in [-0.39, 0.29) is 5.75 Å². The van der Waals surface area contributed by atoms with Crippen molar-refractivity contribution >= 4 is 5.97 Å². The van der Waals surface area contributed by atoms with E-state index in [1.807, 2.05) is 30.3 Å². The zero-order valence-electron chi connectivity index (χ0n) is 10.3. The number of para-hydroxylation sites is 1. The number of carboxylic acid groups (broad SMARTS) is 1. The fourth-order valence-corrected chi connectivity index (χ4v) is 1.88. The third-order valence-electron chi connectivity index (χ3n) is 2.85. The molecule has 0 spiro atoms. The molecule has 0 fully saturated rings. The summed E-state index contributed by atoms with van der Waals surface area (Å²) in [5.74, 6) is -1.03. The van der Waals surface area contributed by atoms with Gasteiger partial charge in [0.2, 0.25) is 0 Å². The van der Waals surface area contributed by atoms with Crippen LogP contribution in [0.2, 0.25) is 0 Å². The highest BCUT2D eigenvalue weighted by Crippen LogP contribution is 2.24. The first-order chi connectivity index (χ1) is 9.18. The Morgan fingerprint density at radius 2 is 1.68 bits per heavy atom. The number of phenolic OH excluding ortho intramolecular Hbond substituents is 1. The first-order valence-corrected chi connectivity index (χ1v) is 5.96. The SMILES string of the molecule is O=C(O)C(NCc1ccccc1)c1ccccc1O. The van der Waals surface area contributed by atoms with Gasteiger partial charge in [0.15, 0.2) is 0 Å². The zero-order valence-corrected chi connectivity index (χ0v) is 10.3. The van der Waals surface area contributed by atoms with Crippen molar-refractivity contribution in [3.05, 3.63) is 65.7 Å². The van der Waals surface area contributed by atoms with Crippen LogP contribution in [0.25, 0.3) is 0 Å². The summed E-state index contributed by atoms with van der Waals surface area (Å²) in [6.07, 6.45) is 0. The molecule has 0 aliphatic heterocycles. The first kappa shape index (κ1) is 13.1. The Balaban J connectivity index is 2.14. The molecule has 0 amide bonds. The third kappa shape index (κ3) is 3.33. The lowest BCUT2D eigenvalue weighted by atomic mass is 10.1. The smallest absolute Gasteiger partial charge is 0.325 e. The van der Waals surface area contributed by atoms with Crippen LogP contribution in [0.3, 0.4) is 0 Å². The maximum absolute atomic E-state index is 11.3. The lowest BCUT2D eigenvalue weighted by molar-refractivity contribution is -0.139. The number of aromatic hydroxyl groups is 1. The van der Waals surface area contributed by atoms with Crippen molar-refractivity contribution in [1.29, 1.82) is 0 Å². The van der Waals surface area contributed by atoms with Crippen molar-refractivity contribution in [1.82, 2.24) is 5.32 Å². The van der Waals surface area contributed by atoms with E-state index in [1.54, 1.807) is 18.2 Å². The van der Waals surface area contributed by atoms with Crippen LogP contribution >= 0.6 is 0 Å². The van der Waals surface area contributed by atoms with Crippen molar-refractivity contribution in [2.24, 2.45) is 0 Å². The number of hydrogen-bond donors (Lipinski definition) is 3. The van der Waals surface area contributed by atoms with E-state index >= 15 is 0 Å². The number of rotatable bonds is 5. The van der Waals surface area contributed by atoms with Crippen molar-refractivity contribution in [2.45, 2.75) is 12.6 Å². The summed E-state index contributed by atoms with van der Waals surface area (Å²) in [5, 5.41) is 21.9. The fraction of sp³-hybridized carbons (Fsp3) is 0.133. The monoisotopic (exact) mass is 257 g/mol. The molecule has 0 saturated heterocycles. The van der Waals surface area contributed by atoms with Crippen LogP contribution < -0.4 is 5.32 Å². The molecule has 0 aromatic heterocycles. The summed E-state index contributed by atoms with van der Waals surface area (Å²) >= 11 is 0. The predicted molar refractivity (Wildman–Crippen MR) is 71.8 cm³/mol.